The molecule has 0 spiro atoms. The topological polar surface area (TPSA) is 45.2 Å². The normalized spacial score (nSPS) is 22.9. The van der Waals surface area contributed by atoms with Gasteiger partial charge in [0.15, 0.2) is 11.6 Å². The van der Waals surface area contributed by atoms with Crippen molar-refractivity contribution in [3.63, 3.8) is 0 Å². The molecular formula is C16H17BrFN5. The van der Waals surface area contributed by atoms with E-state index in [0.29, 0.717) is 30.0 Å². The maximum Gasteiger partial charge on any atom is 0.187 e. The number of piperidine rings is 1. The molecule has 0 aliphatic carbocycles. The number of pyridine rings is 1. The number of halogens is 2. The Morgan fingerprint density at radius 1 is 1.22 bits per heavy atom. The van der Waals surface area contributed by atoms with E-state index in [9.17, 15) is 4.39 Å². The van der Waals surface area contributed by atoms with Crippen LogP contribution in [0.5, 0.6) is 0 Å². The first-order chi connectivity index (χ1) is 11.2. The van der Waals surface area contributed by atoms with Crippen LogP contribution >= 0.6 is 15.9 Å². The Bertz CT molecular complexity index is 728. The van der Waals surface area contributed by atoms with Gasteiger partial charge in [0.05, 0.1) is 22.3 Å². The van der Waals surface area contributed by atoms with Gasteiger partial charge in [0, 0.05) is 19.3 Å². The molecule has 2 atom stereocenters. The largest absolute Gasteiger partial charge is 0.350 e. The summed E-state index contributed by atoms with van der Waals surface area (Å²) in [7, 11) is 0. The third-order valence-electron chi connectivity index (χ3n) is 4.65. The van der Waals surface area contributed by atoms with Crippen molar-refractivity contribution in [2.24, 2.45) is 0 Å². The van der Waals surface area contributed by atoms with E-state index in [2.05, 4.69) is 35.8 Å². The predicted octanol–water partition coefficient (Wildman–Crippen LogP) is 2.80. The van der Waals surface area contributed by atoms with Crippen LogP contribution in [0.1, 0.15) is 19.0 Å². The molecule has 0 aromatic carbocycles. The molecule has 0 saturated carbocycles. The van der Waals surface area contributed by atoms with Crippen LogP contribution in [-0.4, -0.2) is 40.1 Å². The second-order valence-electron chi connectivity index (χ2n) is 5.98. The van der Waals surface area contributed by atoms with Gasteiger partial charge in [0.2, 0.25) is 0 Å². The summed E-state index contributed by atoms with van der Waals surface area (Å²) in [4.78, 5) is 17.1. The van der Waals surface area contributed by atoms with Crippen molar-refractivity contribution in [2.75, 3.05) is 22.9 Å². The van der Waals surface area contributed by atoms with Gasteiger partial charge in [-0.3, -0.25) is 0 Å². The first kappa shape index (κ1) is 14.8. The molecule has 2 bridgehead atoms. The van der Waals surface area contributed by atoms with E-state index in [0.717, 1.165) is 29.8 Å². The lowest BCUT2D eigenvalue weighted by atomic mass is 9.87. The molecule has 0 radical (unpaired) electrons. The monoisotopic (exact) mass is 377 g/mol. The number of piperazine rings is 1. The number of anilines is 2. The Labute approximate surface area is 142 Å². The molecule has 23 heavy (non-hydrogen) atoms. The summed E-state index contributed by atoms with van der Waals surface area (Å²) >= 11 is 3.57. The zero-order valence-corrected chi connectivity index (χ0v) is 14.4. The molecule has 3 fully saturated rings. The van der Waals surface area contributed by atoms with E-state index < -0.39 is 0 Å². The maximum absolute atomic E-state index is 14.5. The van der Waals surface area contributed by atoms with Gasteiger partial charge in [-0.2, -0.15) is 0 Å². The first-order valence-corrected chi connectivity index (χ1v) is 8.61. The molecule has 5 heterocycles. The lowest BCUT2D eigenvalue weighted by molar-refractivity contribution is 0.285. The fraction of sp³-hybridized carbons (Fsp3) is 0.438. The van der Waals surface area contributed by atoms with Crippen LogP contribution in [0.2, 0.25) is 0 Å². The van der Waals surface area contributed by atoms with E-state index in [1.54, 1.807) is 0 Å². The Morgan fingerprint density at radius 3 is 2.70 bits per heavy atom. The second-order valence-corrected chi connectivity index (χ2v) is 6.83. The van der Waals surface area contributed by atoms with Gasteiger partial charge in [-0.1, -0.05) is 6.92 Å². The number of nitrogens with zero attached hydrogens (tertiary/aromatic N) is 5. The third kappa shape index (κ3) is 2.38. The summed E-state index contributed by atoms with van der Waals surface area (Å²) in [5.41, 5.74) is 0.485. The first-order valence-electron chi connectivity index (χ1n) is 7.82. The highest BCUT2D eigenvalue weighted by atomic mass is 79.9. The Kier molecular flexibility index (Phi) is 3.67. The van der Waals surface area contributed by atoms with Gasteiger partial charge < -0.3 is 9.80 Å². The standard InChI is InChI=1S/C16H17BrFN5/c1-2-13-14(18)16(21-9-20-13)22-7-10-6-11(8-22)23(10)15-12(17)4-3-5-19-15/h3-5,9-11H,2,6-8H2,1H3. The quantitative estimate of drug-likeness (QED) is 0.822. The van der Waals surface area contributed by atoms with Gasteiger partial charge in [-0.15, -0.1) is 0 Å². The summed E-state index contributed by atoms with van der Waals surface area (Å²) in [5, 5.41) is 0. The van der Waals surface area contributed by atoms with E-state index >= 15 is 0 Å². The van der Waals surface area contributed by atoms with Crippen LogP contribution in [-0.2, 0) is 6.42 Å². The van der Waals surface area contributed by atoms with Crippen molar-refractivity contribution in [3.05, 3.63) is 40.6 Å². The molecule has 7 heteroatoms. The molecule has 3 saturated heterocycles. The highest BCUT2D eigenvalue weighted by Crippen LogP contribution is 2.40. The average Bonchev–Trinajstić information content (AvgIpc) is 2.57. The highest BCUT2D eigenvalue weighted by Gasteiger charge is 2.46. The summed E-state index contributed by atoms with van der Waals surface area (Å²) in [6.45, 7) is 3.43. The van der Waals surface area contributed by atoms with Gasteiger partial charge in [-0.05, 0) is 40.9 Å². The van der Waals surface area contributed by atoms with E-state index in [4.69, 9.17) is 0 Å². The molecule has 5 rings (SSSR count). The van der Waals surface area contributed by atoms with E-state index in [1.807, 2.05) is 30.2 Å². The van der Waals surface area contributed by atoms with Crippen LogP contribution in [0.4, 0.5) is 16.0 Å². The van der Waals surface area contributed by atoms with Crippen molar-refractivity contribution < 1.29 is 4.39 Å². The summed E-state index contributed by atoms with van der Waals surface area (Å²) < 4.78 is 15.5. The maximum atomic E-state index is 14.5. The number of aryl methyl sites for hydroxylation is 1. The minimum Gasteiger partial charge on any atom is -0.350 e. The molecular weight excluding hydrogens is 361 g/mol. The molecule has 2 aromatic rings. The number of rotatable bonds is 3. The van der Waals surface area contributed by atoms with Crippen LogP contribution in [0, 0.1) is 5.82 Å². The van der Waals surface area contributed by atoms with Crippen molar-refractivity contribution in [1.29, 1.82) is 0 Å². The highest BCUT2D eigenvalue weighted by molar-refractivity contribution is 9.10. The zero-order chi connectivity index (χ0) is 16.0. The summed E-state index contributed by atoms with van der Waals surface area (Å²) in [6, 6.07) is 4.61. The zero-order valence-electron chi connectivity index (χ0n) is 12.8. The second kappa shape index (κ2) is 5.70. The van der Waals surface area contributed by atoms with Gasteiger partial charge in [0.1, 0.15) is 12.1 Å². The van der Waals surface area contributed by atoms with Gasteiger partial charge in [-0.25, -0.2) is 19.3 Å². The number of fused-ring (bicyclic) bond motifs is 2. The molecule has 2 unspecified atom stereocenters. The number of hydrogen-bond donors (Lipinski definition) is 0. The molecule has 5 nitrogen and oxygen atoms in total. The summed E-state index contributed by atoms with van der Waals surface area (Å²) in [5.74, 6) is 1.14. The van der Waals surface area contributed by atoms with Crippen molar-refractivity contribution >= 4 is 27.6 Å². The van der Waals surface area contributed by atoms with Crippen LogP contribution in [0.25, 0.3) is 0 Å². The predicted molar refractivity (Wildman–Crippen MR) is 90.2 cm³/mol. The van der Waals surface area contributed by atoms with E-state index in [-0.39, 0.29) is 5.82 Å². The van der Waals surface area contributed by atoms with Crippen molar-refractivity contribution in [3.8, 4) is 0 Å². The smallest absolute Gasteiger partial charge is 0.187 e. The minimum atomic E-state index is -0.276. The molecule has 2 aromatic heterocycles. The Morgan fingerprint density at radius 2 is 2.00 bits per heavy atom. The van der Waals surface area contributed by atoms with Crippen molar-refractivity contribution in [2.45, 2.75) is 31.8 Å². The van der Waals surface area contributed by atoms with Crippen LogP contribution in [0.3, 0.4) is 0 Å². The van der Waals surface area contributed by atoms with Gasteiger partial charge in [0.25, 0.3) is 0 Å². The molecule has 0 N–H and O–H groups in total. The van der Waals surface area contributed by atoms with Crippen LogP contribution in [0.15, 0.2) is 29.1 Å². The minimum absolute atomic E-state index is 0.276. The SMILES string of the molecule is CCc1ncnc(N2CC3CC(C2)N3c2ncccc2Br)c1F. The third-order valence-corrected chi connectivity index (χ3v) is 5.27. The Hall–Kier alpha value is -1.76. The lowest BCUT2D eigenvalue weighted by Gasteiger charge is -2.57. The Balaban J connectivity index is 1.57. The van der Waals surface area contributed by atoms with Crippen molar-refractivity contribution in [1.82, 2.24) is 15.0 Å². The van der Waals surface area contributed by atoms with Gasteiger partial charge >= 0.3 is 0 Å². The number of hydrogen-bond acceptors (Lipinski definition) is 5. The molecule has 3 aliphatic heterocycles. The van der Waals surface area contributed by atoms with Crippen LogP contribution < -0.4 is 9.80 Å². The fourth-order valence-corrected chi connectivity index (χ4v) is 4.02. The fourth-order valence-electron chi connectivity index (χ4n) is 3.56. The lowest BCUT2D eigenvalue weighted by Crippen LogP contribution is -2.69. The average molecular weight is 378 g/mol. The summed E-state index contributed by atoms with van der Waals surface area (Å²) in [6.07, 6.45) is 4.97. The van der Waals surface area contributed by atoms with E-state index in [1.165, 1.54) is 6.33 Å². The molecule has 0 amide bonds. The molecule has 3 aliphatic rings. The number of aromatic nitrogens is 3. The molecule has 120 valence electrons.